The average molecular weight is 390 g/mol. The molecule has 2 heterocycles. The summed E-state index contributed by atoms with van der Waals surface area (Å²) in [6.07, 6.45) is 0. The zero-order valence-corrected chi connectivity index (χ0v) is 16.5. The number of para-hydroxylation sites is 1. The second-order valence-corrected chi connectivity index (χ2v) is 6.64. The van der Waals surface area contributed by atoms with Crippen molar-refractivity contribution in [2.75, 3.05) is 19.5 Å². The molecule has 0 unspecified atom stereocenters. The molecule has 2 N–H and O–H groups in total. The Bertz CT molecular complexity index is 1210. The first-order valence-corrected chi connectivity index (χ1v) is 9.23. The summed E-state index contributed by atoms with van der Waals surface area (Å²) in [5, 5.41) is 8.77. The Labute approximate surface area is 167 Å². The second kappa shape index (κ2) is 7.71. The second-order valence-electron chi connectivity index (χ2n) is 6.64. The highest BCUT2D eigenvalue weighted by Gasteiger charge is 2.13. The van der Waals surface area contributed by atoms with Crippen molar-refractivity contribution in [3.63, 3.8) is 0 Å². The minimum Gasteiger partial charge on any atom is -0.497 e. The van der Waals surface area contributed by atoms with Gasteiger partial charge in [0.15, 0.2) is 0 Å². The van der Waals surface area contributed by atoms with Crippen molar-refractivity contribution in [1.29, 1.82) is 0 Å². The summed E-state index contributed by atoms with van der Waals surface area (Å²) in [7, 11) is 3.21. The summed E-state index contributed by atoms with van der Waals surface area (Å²) in [6.45, 7) is 2.27. The maximum Gasteiger partial charge on any atom is 0.254 e. The third-order valence-corrected chi connectivity index (χ3v) is 4.83. The van der Waals surface area contributed by atoms with E-state index < -0.39 is 0 Å². The van der Waals surface area contributed by atoms with Crippen molar-refractivity contribution >= 4 is 16.7 Å². The van der Waals surface area contributed by atoms with Gasteiger partial charge >= 0.3 is 0 Å². The molecule has 4 aromatic rings. The van der Waals surface area contributed by atoms with Crippen molar-refractivity contribution < 1.29 is 9.47 Å². The number of methoxy groups -OCH3 is 2. The van der Waals surface area contributed by atoms with E-state index >= 15 is 0 Å². The number of nitrogens with zero attached hydrogens (tertiary/aromatic N) is 2. The summed E-state index contributed by atoms with van der Waals surface area (Å²) >= 11 is 0. The Kier molecular flexibility index (Phi) is 4.95. The maximum atomic E-state index is 12.7. The Morgan fingerprint density at radius 1 is 1.07 bits per heavy atom. The number of hydrogen-bond acceptors (Lipinski definition) is 5. The fourth-order valence-electron chi connectivity index (χ4n) is 3.29. The molecule has 0 fully saturated rings. The van der Waals surface area contributed by atoms with Crippen LogP contribution in [0.25, 0.3) is 16.7 Å². The molecule has 0 bridgehead atoms. The summed E-state index contributed by atoms with van der Waals surface area (Å²) < 4.78 is 12.4. The molecule has 0 saturated carbocycles. The number of rotatable bonds is 6. The highest BCUT2D eigenvalue weighted by Crippen LogP contribution is 2.29. The molecule has 148 valence electrons. The van der Waals surface area contributed by atoms with Crippen LogP contribution in [0.5, 0.6) is 11.5 Å². The number of anilines is 1. The van der Waals surface area contributed by atoms with E-state index in [0.717, 1.165) is 22.5 Å². The van der Waals surface area contributed by atoms with E-state index in [0.29, 0.717) is 29.3 Å². The minimum absolute atomic E-state index is 0.163. The van der Waals surface area contributed by atoms with Gasteiger partial charge in [-0.1, -0.05) is 18.2 Å². The first-order valence-electron chi connectivity index (χ1n) is 9.23. The standard InChI is InChI=1S/C22H22N4O3/c1-14-18-11-15(13-23-19-12-17(28-2)9-10-20(19)29-3)22(27)24-21(18)26(25-14)16-7-5-4-6-8-16/h4-12,23H,13H2,1-3H3,(H,24,27). The van der Waals surface area contributed by atoms with Crippen LogP contribution in [-0.2, 0) is 6.54 Å². The fourth-order valence-corrected chi connectivity index (χ4v) is 3.29. The predicted octanol–water partition coefficient (Wildman–Crippen LogP) is 3.65. The van der Waals surface area contributed by atoms with E-state index in [1.807, 2.05) is 61.5 Å². The van der Waals surface area contributed by atoms with Crippen LogP contribution in [0.3, 0.4) is 0 Å². The molecule has 0 radical (unpaired) electrons. The van der Waals surface area contributed by atoms with Crippen LogP contribution < -0.4 is 20.3 Å². The van der Waals surface area contributed by atoms with E-state index in [1.54, 1.807) is 18.9 Å². The van der Waals surface area contributed by atoms with Gasteiger partial charge in [-0.15, -0.1) is 0 Å². The summed E-state index contributed by atoms with van der Waals surface area (Å²) in [6, 6.07) is 17.1. The van der Waals surface area contributed by atoms with Gasteiger partial charge in [0.25, 0.3) is 5.56 Å². The lowest BCUT2D eigenvalue weighted by molar-refractivity contribution is 0.404. The zero-order chi connectivity index (χ0) is 20.4. The SMILES string of the molecule is COc1ccc(OC)c(NCc2cc3c(C)nn(-c4ccccc4)c3[nH]c2=O)c1. The number of H-pyrrole nitrogens is 1. The molecule has 2 aromatic heterocycles. The van der Waals surface area contributed by atoms with Gasteiger partial charge in [0.1, 0.15) is 17.1 Å². The van der Waals surface area contributed by atoms with Gasteiger partial charge in [0, 0.05) is 23.6 Å². The Morgan fingerprint density at radius 3 is 2.59 bits per heavy atom. The van der Waals surface area contributed by atoms with E-state index in [9.17, 15) is 4.79 Å². The van der Waals surface area contributed by atoms with Crippen LogP contribution in [0.4, 0.5) is 5.69 Å². The first kappa shape index (κ1) is 18.6. The van der Waals surface area contributed by atoms with Gasteiger partial charge in [-0.05, 0) is 37.3 Å². The number of aromatic amines is 1. The van der Waals surface area contributed by atoms with Gasteiger partial charge in [-0.25, -0.2) is 4.68 Å². The molecule has 0 spiro atoms. The zero-order valence-electron chi connectivity index (χ0n) is 16.5. The van der Waals surface area contributed by atoms with Gasteiger partial charge in [-0.3, -0.25) is 4.79 Å². The molecule has 29 heavy (non-hydrogen) atoms. The van der Waals surface area contributed by atoms with Crippen molar-refractivity contribution in [3.8, 4) is 17.2 Å². The van der Waals surface area contributed by atoms with Crippen molar-refractivity contribution in [2.45, 2.75) is 13.5 Å². The maximum absolute atomic E-state index is 12.7. The van der Waals surface area contributed by atoms with Crippen LogP contribution >= 0.6 is 0 Å². The van der Waals surface area contributed by atoms with E-state index in [2.05, 4.69) is 15.4 Å². The number of hydrogen-bond donors (Lipinski definition) is 2. The van der Waals surface area contributed by atoms with Gasteiger partial charge < -0.3 is 19.8 Å². The smallest absolute Gasteiger partial charge is 0.254 e. The highest BCUT2D eigenvalue weighted by molar-refractivity contribution is 5.80. The highest BCUT2D eigenvalue weighted by atomic mass is 16.5. The average Bonchev–Trinajstić information content (AvgIpc) is 3.07. The molecule has 0 aliphatic rings. The molecule has 4 rings (SSSR count). The van der Waals surface area contributed by atoms with Crippen LogP contribution in [0, 0.1) is 6.92 Å². The van der Waals surface area contributed by atoms with Gasteiger partial charge in [0.2, 0.25) is 0 Å². The molecule has 0 saturated heterocycles. The summed E-state index contributed by atoms with van der Waals surface area (Å²) in [5.41, 5.74) is 3.63. The minimum atomic E-state index is -0.163. The topological polar surface area (TPSA) is 81.2 Å². The third kappa shape index (κ3) is 3.54. The number of aromatic nitrogens is 3. The third-order valence-electron chi connectivity index (χ3n) is 4.83. The van der Waals surface area contributed by atoms with E-state index in [4.69, 9.17) is 9.47 Å². The normalized spacial score (nSPS) is 10.9. The van der Waals surface area contributed by atoms with E-state index in [1.165, 1.54) is 0 Å². The van der Waals surface area contributed by atoms with Crippen molar-refractivity contribution in [1.82, 2.24) is 14.8 Å². The van der Waals surface area contributed by atoms with Gasteiger partial charge in [-0.2, -0.15) is 5.10 Å². The molecule has 0 amide bonds. The Morgan fingerprint density at radius 2 is 1.86 bits per heavy atom. The summed E-state index contributed by atoms with van der Waals surface area (Å²) in [4.78, 5) is 15.7. The number of benzene rings is 2. The molecular weight excluding hydrogens is 368 g/mol. The molecule has 0 atom stereocenters. The monoisotopic (exact) mass is 390 g/mol. The lowest BCUT2D eigenvalue weighted by Crippen LogP contribution is -2.16. The largest absolute Gasteiger partial charge is 0.497 e. The quantitative estimate of drug-likeness (QED) is 0.525. The number of nitrogens with one attached hydrogen (secondary N) is 2. The van der Waals surface area contributed by atoms with Gasteiger partial charge in [0.05, 0.1) is 31.3 Å². The first-order chi connectivity index (χ1) is 14.1. The van der Waals surface area contributed by atoms with Crippen LogP contribution in [-0.4, -0.2) is 29.0 Å². The van der Waals surface area contributed by atoms with Crippen LogP contribution in [0.2, 0.25) is 0 Å². The lowest BCUT2D eigenvalue weighted by Gasteiger charge is -2.12. The number of fused-ring (bicyclic) bond motifs is 1. The molecule has 0 aliphatic heterocycles. The molecule has 7 nitrogen and oxygen atoms in total. The van der Waals surface area contributed by atoms with Crippen LogP contribution in [0.15, 0.2) is 59.4 Å². The number of aryl methyl sites for hydroxylation is 1. The molecule has 2 aromatic carbocycles. The van der Waals surface area contributed by atoms with Crippen molar-refractivity contribution in [2.24, 2.45) is 0 Å². The molecule has 7 heteroatoms. The fraction of sp³-hybridized carbons (Fsp3) is 0.182. The van der Waals surface area contributed by atoms with Crippen LogP contribution in [0.1, 0.15) is 11.3 Å². The van der Waals surface area contributed by atoms with Crippen molar-refractivity contribution in [3.05, 3.63) is 76.2 Å². The number of pyridine rings is 1. The molecule has 0 aliphatic carbocycles. The Hall–Kier alpha value is -3.74. The summed E-state index contributed by atoms with van der Waals surface area (Å²) in [5.74, 6) is 1.38. The molecular formula is C22H22N4O3. The predicted molar refractivity (Wildman–Crippen MR) is 113 cm³/mol. The number of ether oxygens (including phenoxy) is 2. The van der Waals surface area contributed by atoms with E-state index in [-0.39, 0.29) is 5.56 Å². The lowest BCUT2D eigenvalue weighted by atomic mass is 10.2. The Balaban J connectivity index is 1.69.